The van der Waals surface area contributed by atoms with Crippen LogP contribution in [0, 0.1) is 19.0 Å². The van der Waals surface area contributed by atoms with E-state index < -0.39 is 0 Å². The molecule has 0 saturated carbocycles. The molecule has 0 aliphatic carbocycles. The van der Waals surface area contributed by atoms with Gasteiger partial charge in [0.05, 0.1) is 4.01 Å². The summed E-state index contributed by atoms with van der Waals surface area (Å²) in [5.41, 5.74) is 1.23. The first-order chi connectivity index (χ1) is 5.18. The first kappa shape index (κ1) is 7.25. The Kier molecular flexibility index (Phi) is 1.51. The van der Waals surface area contributed by atoms with Gasteiger partial charge in [-0.2, -0.15) is 4.39 Å². The molecule has 0 radical (unpaired) electrons. The fraction of sp³-hybridized carbons (Fsp3) is 0.250. The van der Waals surface area contributed by atoms with Crippen molar-refractivity contribution >= 4 is 32.1 Å². The van der Waals surface area contributed by atoms with E-state index in [0.717, 1.165) is 9.40 Å². The summed E-state index contributed by atoms with van der Waals surface area (Å²) in [6, 6.07) is 1.62. The van der Waals surface area contributed by atoms with Crippen molar-refractivity contribution in [3.63, 3.8) is 0 Å². The third kappa shape index (κ3) is 0.993. The van der Waals surface area contributed by atoms with Gasteiger partial charge in [0.1, 0.15) is 0 Å². The molecule has 0 amide bonds. The number of fused-ring (bicyclic) bond motifs is 1. The average molecular weight is 186 g/mol. The maximum Gasteiger partial charge on any atom is 0.178 e. The van der Waals surface area contributed by atoms with Gasteiger partial charge < -0.3 is 0 Å². The van der Waals surface area contributed by atoms with E-state index in [1.54, 1.807) is 17.4 Å². The van der Waals surface area contributed by atoms with Crippen LogP contribution in [0.4, 0.5) is 4.39 Å². The highest BCUT2D eigenvalue weighted by Gasteiger charge is 2.08. The van der Waals surface area contributed by atoms with Crippen LogP contribution in [0.3, 0.4) is 0 Å². The van der Waals surface area contributed by atoms with Crippen LogP contribution >= 0.6 is 22.7 Å². The Morgan fingerprint density at radius 2 is 2.00 bits per heavy atom. The normalized spacial score (nSPS) is 11.2. The van der Waals surface area contributed by atoms with E-state index in [2.05, 4.69) is 6.92 Å². The van der Waals surface area contributed by atoms with Crippen molar-refractivity contribution in [3.8, 4) is 0 Å². The van der Waals surface area contributed by atoms with E-state index in [9.17, 15) is 4.39 Å². The number of thiophene rings is 2. The summed E-state index contributed by atoms with van der Waals surface area (Å²) in [5, 5.41) is 1.02. The zero-order valence-electron chi connectivity index (χ0n) is 6.27. The van der Waals surface area contributed by atoms with Crippen molar-refractivity contribution in [1.82, 2.24) is 0 Å². The molecule has 2 aromatic heterocycles. The summed E-state index contributed by atoms with van der Waals surface area (Å²) >= 11 is 2.92. The fourth-order valence-corrected chi connectivity index (χ4v) is 3.41. The Labute approximate surface area is 72.3 Å². The Morgan fingerprint density at radius 3 is 2.64 bits per heavy atom. The topological polar surface area (TPSA) is 0 Å². The molecule has 0 nitrogen and oxygen atoms in total. The highest BCUT2D eigenvalue weighted by atomic mass is 32.2. The van der Waals surface area contributed by atoms with Crippen LogP contribution in [0.5, 0.6) is 0 Å². The molecule has 0 atom stereocenters. The van der Waals surface area contributed by atoms with Crippen LogP contribution in [-0.4, -0.2) is 0 Å². The van der Waals surface area contributed by atoms with E-state index in [4.69, 9.17) is 0 Å². The van der Waals surface area contributed by atoms with Gasteiger partial charge in [0.2, 0.25) is 0 Å². The third-order valence-electron chi connectivity index (χ3n) is 1.85. The lowest BCUT2D eigenvalue weighted by Crippen LogP contribution is -1.66. The fourth-order valence-electron chi connectivity index (χ4n) is 1.09. The van der Waals surface area contributed by atoms with Crippen LogP contribution in [0.15, 0.2) is 6.07 Å². The van der Waals surface area contributed by atoms with Crippen molar-refractivity contribution in [1.29, 1.82) is 0 Å². The Hall–Kier alpha value is -0.410. The second-order valence-corrected chi connectivity index (χ2v) is 5.02. The number of halogens is 1. The monoisotopic (exact) mass is 186 g/mol. The average Bonchev–Trinajstić information content (AvgIpc) is 2.37. The smallest absolute Gasteiger partial charge is 0.178 e. The third-order valence-corrected chi connectivity index (χ3v) is 4.08. The van der Waals surface area contributed by atoms with Crippen LogP contribution < -0.4 is 0 Å². The lowest BCUT2D eigenvalue weighted by molar-refractivity contribution is 0.658. The van der Waals surface area contributed by atoms with Crippen molar-refractivity contribution in [3.05, 3.63) is 21.6 Å². The molecule has 0 aromatic carbocycles. The zero-order chi connectivity index (χ0) is 8.01. The first-order valence-electron chi connectivity index (χ1n) is 3.33. The Morgan fingerprint density at radius 1 is 1.27 bits per heavy atom. The first-order valence-corrected chi connectivity index (χ1v) is 4.97. The van der Waals surface area contributed by atoms with Gasteiger partial charge in [0, 0.05) is 10.3 Å². The van der Waals surface area contributed by atoms with Crippen LogP contribution in [0.1, 0.15) is 10.4 Å². The Bertz CT molecular complexity index is 397. The maximum atomic E-state index is 12.7. The maximum absolute atomic E-state index is 12.7. The van der Waals surface area contributed by atoms with Gasteiger partial charge in [0.25, 0.3) is 0 Å². The number of aryl methyl sites for hydroxylation is 2. The van der Waals surface area contributed by atoms with Gasteiger partial charge in [-0.25, -0.2) is 0 Å². The minimum absolute atomic E-state index is 0.0747. The van der Waals surface area contributed by atoms with Crippen LogP contribution in [0.2, 0.25) is 0 Å². The van der Waals surface area contributed by atoms with Crippen LogP contribution in [-0.2, 0) is 0 Å². The van der Waals surface area contributed by atoms with Gasteiger partial charge in [-0.15, -0.1) is 11.3 Å². The van der Waals surface area contributed by atoms with Gasteiger partial charge in [0.15, 0.2) is 5.13 Å². The molecule has 0 aliphatic heterocycles. The summed E-state index contributed by atoms with van der Waals surface area (Å²) in [6.45, 7) is 4.12. The van der Waals surface area contributed by atoms with Gasteiger partial charge >= 0.3 is 0 Å². The van der Waals surface area contributed by atoms with Gasteiger partial charge in [-0.05, 0) is 25.5 Å². The summed E-state index contributed by atoms with van der Waals surface area (Å²) in [5.74, 6) is 0. The SMILES string of the molecule is Cc1sc2sc(F)cc2c1C. The van der Waals surface area contributed by atoms with Crippen molar-refractivity contribution in [2.45, 2.75) is 13.8 Å². The summed E-state index contributed by atoms with van der Waals surface area (Å²) in [6.07, 6.45) is 0. The quantitative estimate of drug-likeness (QED) is 0.588. The highest BCUT2D eigenvalue weighted by Crippen LogP contribution is 2.35. The predicted molar refractivity (Wildman–Crippen MR) is 49.1 cm³/mol. The molecule has 3 heteroatoms. The molecule has 2 rings (SSSR count). The summed E-state index contributed by atoms with van der Waals surface area (Å²) in [4.78, 5) is 1.30. The van der Waals surface area contributed by atoms with E-state index in [1.807, 2.05) is 6.92 Å². The highest BCUT2D eigenvalue weighted by molar-refractivity contribution is 7.37. The zero-order valence-corrected chi connectivity index (χ0v) is 7.90. The predicted octanol–water partition coefficient (Wildman–Crippen LogP) is 3.72. The molecule has 0 spiro atoms. The molecular formula is C8H7FS2. The molecule has 11 heavy (non-hydrogen) atoms. The molecule has 0 fully saturated rings. The standard InChI is InChI=1S/C8H7FS2/c1-4-5(2)10-8-6(4)3-7(9)11-8/h3H,1-2H3. The molecule has 0 aliphatic rings. The summed E-state index contributed by atoms with van der Waals surface area (Å²) in [7, 11) is 0. The van der Waals surface area contributed by atoms with E-state index in [1.165, 1.54) is 21.8 Å². The van der Waals surface area contributed by atoms with Crippen molar-refractivity contribution in [2.24, 2.45) is 0 Å². The molecule has 58 valence electrons. The largest absolute Gasteiger partial charge is 0.195 e. The number of rotatable bonds is 0. The number of hydrogen-bond donors (Lipinski definition) is 0. The van der Waals surface area contributed by atoms with E-state index in [-0.39, 0.29) is 5.13 Å². The molecule has 2 heterocycles. The number of hydrogen-bond acceptors (Lipinski definition) is 2. The van der Waals surface area contributed by atoms with Gasteiger partial charge in [-0.1, -0.05) is 11.3 Å². The van der Waals surface area contributed by atoms with Gasteiger partial charge in [-0.3, -0.25) is 0 Å². The molecular weight excluding hydrogens is 179 g/mol. The second-order valence-electron chi connectivity index (χ2n) is 2.53. The summed E-state index contributed by atoms with van der Waals surface area (Å²) < 4.78 is 13.8. The molecule has 2 aromatic rings. The Balaban J connectivity index is 2.88. The van der Waals surface area contributed by atoms with E-state index >= 15 is 0 Å². The molecule has 0 N–H and O–H groups in total. The minimum atomic E-state index is -0.0747. The van der Waals surface area contributed by atoms with E-state index in [0.29, 0.717) is 0 Å². The lowest BCUT2D eigenvalue weighted by atomic mass is 10.2. The minimum Gasteiger partial charge on any atom is -0.195 e. The van der Waals surface area contributed by atoms with Crippen LogP contribution in [0.25, 0.3) is 9.40 Å². The lowest BCUT2D eigenvalue weighted by Gasteiger charge is -1.84. The van der Waals surface area contributed by atoms with Crippen molar-refractivity contribution < 1.29 is 4.39 Å². The molecule has 0 bridgehead atoms. The van der Waals surface area contributed by atoms with Crippen molar-refractivity contribution in [2.75, 3.05) is 0 Å². The molecule has 0 saturated heterocycles. The second kappa shape index (κ2) is 2.29. The molecule has 0 unspecified atom stereocenters.